The van der Waals surface area contributed by atoms with Crippen LogP contribution in [0, 0.1) is 0 Å². The smallest absolute Gasteiger partial charge is 0.332 e. The Balaban J connectivity index is 1.61. The topological polar surface area (TPSA) is 61.5 Å². The van der Waals surface area contributed by atoms with Crippen LogP contribution in [-0.4, -0.2) is 17.9 Å². The summed E-state index contributed by atoms with van der Waals surface area (Å²) in [7, 11) is 0. The first kappa shape index (κ1) is 21.5. The van der Waals surface area contributed by atoms with E-state index in [1.807, 2.05) is 36.4 Å². The molecule has 2 N–H and O–H groups in total. The molecule has 0 saturated carbocycles. The van der Waals surface area contributed by atoms with E-state index in [4.69, 9.17) is 15.2 Å². The minimum absolute atomic E-state index is 0.113. The van der Waals surface area contributed by atoms with Gasteiger partial charge in [0.2, 0.25) is 0 Å². The van der Waals surface area contributed by atoms with Crippen LogP contribution in [0.25, 0.3) is 0 Å². The Bertz CT molecular complexity index is 934. The van der Waals surface area contributed by atoms with Gasteiger partial charge < -0.3 is 15.2 Å². The van der Waals surface area contributed by atoms with Crippen LogP contribution < -0.4 is 10.5 Å². The van der Waals surface area contributed by atoms with Crippen LogP contribution in [0.3, 0.4) is 0 Å². The van der Waals surface area contributed by atoms with Gasteiger partial charge in [0.1, 0.15) is 19.0 Å². The summed E-state index contributed by atoms with van der Waals surface area (Å²) >= 11 is 0. The molecule has 0 aliphatic heterocycles. The fraction of sp³-hybridized carbons (Fsp3) is 0.208. The van der Waals surface area contributed by atoms with E-state index < -0.39 is 17.9 Å². The molecule has 0 fully saturated rings. The van der Waals surface area contributed by atoms with Gasteiger partial charge in [-0.3, -0.25) is 0 Å². The van der Waals surface area contributed by atoms with E-state index in [0.29, 0.717) is 23.5 Å². The zero-order valence-electron chi connectivity index (χ0n) is 16.3. The van der Waals surface area contributed by atoms with Crippen molar-refractivity contribution in [3.8, 4) is 5.75 Å². The molecule has 1 atom stereocenters. The minimum atomic E-state index is -3.07. The molecule has 0 saturated heterocycles. The fourth-order valence-corrected chi connectivity index (χ4v) is 2.88. The summed E-state index contributed by atoms with van der Waals surface area (Å²) in [6.07, 6.45) is -3.42. The monoisotopic (exact) mass is 411 g/mol. The summed E-state index contributed by atoms with van der Waals surface area (Å²) in [5, 5.41) is 0. The first-order chi connectivity index (χ1) is 14.5. The SMILES string of the molecule is N[C@](Cc1ccc(OCc2ccccc2)cc1)(C(=O)OCc1ccccc1)C(F)F. The van der Waals surface area contributed by atoms with Crippen LogP contribution in [0.5, 0.6) is 5.75 Å². The lowest BCUT2D eigenvalue weighted by molar-refractivity contribution is -0.158. The number of halogens is 2. The number of rotatable bonds is 9. The third-order valence-electron chi connectivity index (χ3n) is 4.65. The number of alkyl halides is 2. The molecule has 3 aromatic rings. The second-order valence-corrected chi connectivity index (χ2v) is 7.00. The van der Waals surface area contributed by atoms with Crippen molar-refractivity contribution < 1.29 is 23.0 Å². The van der Waals surface area contributed by atoms with Gasteiger partial charge in [0.15, 0.2) is 5.54 Å². The maximum Gasteiger partial charge on any atom is 0.332 e. The van der Waals surface area contributed by atoms with E-state index >= 15 is 0 Å². The third-order valence-corrected chi connectivity index (χ3v) is 4.65. The molecule has 0 amide bonds. The quantitative estimate of drug-likeness (QED) is 0.526. The van der Waals surface area contributed by atoms with Gasteiger partial charge in [0.25, 0.3) is 6.43 Å². The van der Waals surface area contributed by atoms with Gasteiger partial charge >= 0.3 is 5.97 Å². The molecule has 30 heavy (non-hydrogen) atoms. The molecule has 0 aliphatic carbocycles. The average Bonchev–Trinajstić information content (AvgIpc) is 2.78. The van der Waals surface area contributed by atoms with Gasteiger partial charge in [-0.25, -0.2) is 13.6 Å². The Hall–Kier alpha value is -3.25. The van der Waals surface area contributed by atoms with Crippen LogP contribution in [0.2, 0.25) is 0 Å². The third kappa shape index (κ3) is 5.64. The lowest BCUT2D eigenvalue weighted by Crippen LogP contribution is -2.56. The summed E-state index contributed by atoms with van der Waals surface area (Å²) in [5.41, 5.74) is 5.57. The van der Waals surface area contributed by atoms with E-state index in [1.165, 1.54) is 0 Å². The molecule has 0 bridgehead atoms. The highest BCUT2D eigenvalue weighted by atomic mass is 19.3. The second-order valence-electron chi connectivity index (χ2n) is 7.00. The highest BCUT2D eigenvalue weighted by molar-refractivity contribution is 5.81. The second kappa shape index (κ2) is 9.98. The van der Waals surface area contributed by atoms with E-state index in [0.717, 1.165) is 5.56 Å². The van der Waals surface area contributed by atoms with Gasteiger partial charge in [0.05, 0.1) is 0 Å². The summed E-state index contributed by atoms with van der Waals surface area (Å²) in [6, 6.07) is 25.1. The van der Waals surface area contributed by atoms with Crippen LogP contribution in [0.15, 0.2) is 84.9 Å². The molecule has 0 unspecified atom stereocenters. The first-order valence-electron chi connectivity index (χ1n) is 9.51. The number of hydrogen-bond acceptors (Lipinski definition) is 4. The zero-order chi connectivity index (χ0) is 21.4. The Kier molecular flexibility index (Phi) is 7.14. The number of ether oxygens (including phenoxy) is 2. The summed E-state index contributed by atoms with van der Waals surface area (Å²) in [4.78, 5) is 12.4. The molecule has 4 nitrogen and oxygen atoms in total. The summed E-state index contributed by atoms with van der Waals surface area (Å²) in [5.74, 6) is -0.542. The Labute approximate surface area is 174 Å². The van der Waals surface area contributed by atoms with Crippen LogP contribution in [0.4, 0.5) is 8.78 Å². The predicted octanol–water partition coefficient (Wildman–Crippen LogP) is 4.51. The standard InChI is InChI=1S/C24H23F2NO3/c25-22(26)24(27,23(28)30-17-20-9-5-2-6-10-20)15-18-11-13-21(14-12-18)29-16-19-7-3-1-4-8-19/h1-14,22H,15-17,27H2/t24-/m0/s1. The Morgan fingerprint density at radius 2 is 1.33 bits per heavy atom. The highest BCUT2D eigenvalue weighted by Crippen LogP contribution is 2.23. The summed E-state index contributed by atoms with van der Waals surface area (Å²) < 4.78 is 38.1. The van der Waals surface area contributed by atoms with Crippen LogP contribution >= 0.6 is 0 Å². The predicted molar refractivity (Wildman–Crippen MR) is 110 cm³/mol. The molecule has 3 rings (SSSR count). The molecule has 0 aromatic heterocycles. The lowest BCUT2D eigenvalue weighted by atomic mass is 9.92. The molecule has 0 radical (unpaired) electrons. The maximum absolute atomic E-state index is 13.7. The van der Waals surface area contributed by atoms with Gasteiger partial charge in [-0.1, -0.05) is 72.8 Å². The Morgan fingerprint density at radius 1 is 0.800 bits per heavy atom. The average molecular weight is 411 g/mol. The molecule has 0 aliphatic rings. The van der Waals surface area contributed by atoms with Crippen molar-refractivity contribution in [3.05, 3.63) is 102 Å². The van der Waals surface area contributed by atoms with Crippen molar-refractivity contribution in [2.24, 2.45) is 5.73 Å². The molecule has 3 aromatic carbocycles. The first-order valence-corrected chi connectivity index (χ1v) is 9.51. The molecular weight excluding hydrogens is 388 g/mol. The minimum Gasteiger partial charge on any atom is -0.489 e. The number of carbonyl (C=O) groups is 1. The van der Waals surface area contributed by atoms with E-state index in [1.54, 1.807) is 48.5 Å². The van der Waals surface area contributed by atoms with Crippen molar-refractivity contribution in [1.82, 2.24) is 0 Å². The van der Waals surface area contributed by atoms with E-state index in [9.17, 15) is 13.6 Å². The molecule has 0 heterocycles. The fourth-order valence-electron chi connectivity index (χ4n) is 2.88. The highest BCUT2D eigenvalue weighted by Gasteiger charge is 2.45. The number of benzene rings is 3. The maximum atomic E-state index is 13.7. The molecule has 0 spiro atoms. The number of nitrogens with two attached hydrogens (primary N) is 1. The normalized spacial score (nSPS) is 12.9. The molecule has 6 heteroatoms. The van der Waals surface area contributed by atoms with Gasteiger partial charge in [0, 0.05) is 6.42 Å². The van der Waals surface area contributed by atoms with Crippen molar-refractivity contribution in [3.63, 3.8) is 0 Å². The summed E-state index contributed by atoms with van der Waals surface area (Å²) in [6.45, 7) is 0.279. The lowest BCUT2D eigenvalue weighted by Gasteiger charge is -2.26. The van der Waals surface area contributed by atoms with Gasteiger partial charge in [-0.2, -0.15) is 0 Å². The van der Waals surface area contributed by atoms with Crippen molar-refractivity contribution in [2.45, 2.75) is 31.6 Å². The van der Waals surface area contributed by atoms with Crippen LogP contribution in [0.1, 0.15) is 16.7 Å². The van der Waals surface area contributed by atoms with Gasteiger partial charge in [-0.15, -0.1) is 0 Å². The van der Waals surface area contributed by atoms with Crippen LogP contribution in [-0.2, 0) is 29.2 Å². The zero-order valence-corrected chi connectivity index (χ0v) is 16.3. The van der Waals surface area contributed by atoms with Gasteiger partial charge in [-0.05, 0) is 28.8 Å². The Morgan fingerprint density at radius 3 is 1.87 bits per heavy atom. The number of carbonyl (C=O) groups excluding carboxylic acids is 1. The number of hydrogen-bond donors (Lipinski definition) is 1. The molecule has 156 valence electrons. The van der Waals surface area contributed by atoms with Crippen molar-refractivity contribution in [2.75, 3.05) is 0 Å². The van der Waals surface area contributed by atoms with E-state index in [-0.39, 0.29) is 13.0 Å². The molecular formula is C24H23F2NO3. The van der Waals surface area contributed by atoms with Crippen molar-refractivity contribution >= 4 is 5.97 Å². The number of esters is 1. The van der Waals surface area contributed by atoms with Crippen molar-refractivity contribution in [1.29, 1.82) is 0 Å². The largest absolute Gasteiger partial charge is 0.489 e. The van der Waals surface area contributed by atoms with E-state index in [2.05, 4.69) is 0 Å².